The minimum Gasteiger partial charge on any atom is -0.383 e. The average Bonchev–Trinajstić information content (AvgIpc) is 2.83. The van der Waals surface area contributed by atoms with E-state index in [-0.39, 0.29) is 36.5 Å². The predicted molar refractivity (Wildman–Crippen MR) is 84.7 cm³/mol. The van der Waals surface area contributed by atoms with Crippen LogP contribution in [0.3, 0.4) is 0 Å². The normalized spacial score (nSPS) is 14.7. The number of rotatable bonds is 5. The van der Waals surface area contributed by atoms with E-state index in [1.807, 2.05) is 17.5 Å². The lowest BCUT2D eigenvalue weighted by atomic mass is 10.1. The number of nitrogens with one attached hydrogen (secondary N) is 2. The highest BCUT2D eigenvalue weighted by Gasteiger charge is 2.24. The number of hydrogen-bond acceptors (Lipinski definition) is 3. The Labute approximate surface area is 132 Å². The fourth-order valence-electron chi connectivity index (χ4n) is 1.32. The molecule has 0 aliphatic carbocycles. The number of guanidine groups is 1. The number of alkyl halides is 2. The molecule has 0 saturated carbocycles. The van der Waals surface area contributed by atoms with Crippen LogP contribution in [0.1, 0.15) is 11.8 Å². The van der Waals surface area contributed by atoms with E-state index in [9.17, 15) is 13.9 Å². The van der Waals surface area contributed by atoms with Crippen molar-refractivity contribution in [2.45, 2.75) is 19.0 Å². The molecular formula is C11H18F2IN3OS. The molecule has 0 spiro atoms. The van der Waals surface area contributed by atoms with Crippen LogP contribution in [0.5, 0.6) is 0 Å². The summed E-state index contributed by atoms with van der Waals surface area (Å²) in [5.74, 6) is 0.243. The third kappa shape index (κ3) is 6.48. The lowest BCUT2D eigenvalue weighted by Crippen LogP contribution is -2.45. The summed E-state index contributed by atoms with van der Waals surface area (Å²) in [5, 5.41) is 17.4. The number of aliphatic hydroxyl groups is 1. The molecule has 0 fully saturated rings. The van der Waals surface area contributed by atoms with Crippen molar-refractivity contribution in [3.05, 3.63) is 22.4 Å². The van der Waals surface area contributed by atoms with Gasteiger partial charge < -0.3 is 15.7 Å². The Morgan fingerprint density at radius 3 is 2.68 bits per heavy atom. The Morgan fingerprint density at radius 2 is 2.21 bits per heavy atom. The van der Waals surface area contributed by atoms with Crippen LogP contribution < -0.4 is 10.6 Å². The number of halogens is 3. The van der Waals surface area contributed by atoms with Crippen LogP contribution in [-0.4, -0.2) is 37.6 Å². The maximum absolute atomic E-state index is 12.0. The van der Waals surface area contributed by atoms with E-state index in [2.05, 4.69) is 15.6 Å². The summed E-state index contributed by atoms with van der Waals surface area (Å²) in [7, 11) is 1.49. The lowest BCUT2D eigenvalue weighted by molar-refractivity contribution is 0.0654. The number of thiophene rings is 1. The Kier molecular flexibility index (Phi) is 8.42. The summed E-state index contributed by atoms with van der Waals surface area (Å²) < 4.78 is 24.1. The molecule has 3 N–H and O–H groups in total. The average molecular weight is 405 g/mol. The van der Waals surface area contributed by atoms with E-state index >= 15 is 0 Å². The molecule has 8 heteroatoms. The van der Waals surface area contributed by atoms with E-state index in [0.29, 0.717) is 0 Å². The molecule has 110 valence electrons. The summed E-state index contributed by atoms with van der Waals surface area (Å²) in [6, 6.07) is 3.67. The molecule has 1 aromatic rings. The quantitative estimate of drug-likeness (QED) is 0.399. The molecule has 0 bridgehead atoms. The van der Waals surface area contributed by atoms with Crippen LogP contribution in [0.15, 0.2) is 22.5 Å². The Bertz CT molecular complexity index is 385. The summed E-state index contributed by atoms with van der Waals surface area (Å²) >= 11 is 1.44. The van der Waals surface area contributed by atoms with Crippen LogP contribution in [-0.2, 0) is 5.60 Å². The van der Waals surface area contributed by atoms with Crippen molar-refractivity contribution in [1.29, 1.82) is 0 Å². The van der Waals surface area contributed by atoms with Crippen molar-refractivity contribution in [2.75, 3.05) is 20.1 Å². The van der Waals surface area contributed by atoms with Crippen LogP contribution >= 0.6 is 35.3 Å². The second-order valence-electron chi connectivity index (χ2n) is 3.95. The van der Waals surface area contributed by atoms with Crippen LogP contribution in [0, 0.1) is 0 Å². The van der Waals surface area contributed by atoms with Gasteiger partial charge in [0.05, 0.1) is 13.1 Å². The molecule has 0 saturated heterocycles. The van der Waals surface area contributed by atoms with Gasteiger partial charge in [-0.2, -0.15) is 0 Å². The summed E-state index contributed by atoms with van der Waals surface area (Å²) in [5.41, 5.74) is -1.06. The first-order chi connectivity index (χ1) is 8.45. The second kappa shape index (κ2) is 8.64. The minimum absolute atomic E-state index is 0. The maximum Gasteiger partial charge on any atom is 0.255 e. The molecule has 19 heavy (non-hydrogen) atoms. The number of nitrogens with zero attached hydrogens (tertiary/aromatic N) is 1. The minimum atomic E-state index is -2.44. The molecule has 1 unspecified atom stereocenters. The van der Waals surface area contributed by atoms with Gasteiger partial charge in [0.2, 0.25) is 0 Å². The Morgan fingerprint density at radius 1 is 1.53 bits per heavy atom. The first-order valence-electron chi connectivity index (χ1n) is 5.44. The van der Waals surface area contributed by atoms with E-state index in [1.54, 1.807) is 6.92 Å². The standard InChI is InChI=1S/C11H17F2N3OS.HI/c1-11(17,8-4-3-5-18-8)7-16-10(14-2)15-6-9(12)13;/h3-5,9,17H,6-7H2,1-2H3,(H2,14,15,16);1H. The maximum atomic E-state index is 12.0. The first-order valence-corrected chi connectivity index (χ1v) is 6.32. The van der Waals surface area contributed by atoms with Gasteiger partial charge in [-0.25, -0.2) is 8.78 Å². The van der Waals surface area contributed by atoms with E-state index in [1.165, 1.54) is 18.4 Å². The number of hydrogen-bond donors (Lipinski definition) is 3. The van der Waals surface area contributed by atoms with Gasteiger partial charge >= 0.3 is 0 Å². The van der Waals surface area contributed by atoms with Gasteiger partial charge in [0.15, 0.2) is 5.96 Å². The van der Waals surface area contributed by atoms with Crippen molar-refractivity contribution in [3.63, 3.8) is 0 Å². The van der Waals surface area contributed by atoms with Crippen molar-refractivity contribution >= 4 is 41.3 Å². The molecule has 4 nitrogen and oxygen atoms in total. The largest absolute Gasteiger partial charge is 0.383 e. The molecule has 0 aliphatic rings. The summed E-state index contributed by atoms with van der Waals surface area (Å²) in [6.07, 6.45) is -2.44. The topological polar surface area (TPSA) is 56.7 Å². The highest BCUT2D eigenvalue weighted by molar-refractivity contribution is 14.0. The van der Waals surface area contributed by atoms with Gasteiger partial charge in [0, 0.05) is 11.9 Å². The predicted octanol–water partition coefficient (Wildman–Crippen LogP) is 2.00. The fraction of sp³-hybridized carbons (Fsp3) is 0.545. The van der Waals surface area contributed by atoms with Crippen LogP contribution in [0.2, 0.25) is 0 Å². The van der Waals surface area contributed by atoms with E-state index < -0.39 is 18.6 Å². The van der Waals surface area contributed by atoms with Crippen molar-refractivity contribution in [2.24, 2.45) is 4.99 Å². The third-order valence-electron chi connectivity index (χ3n) is 2.30. The third-order valence-corrected chi connectivity index (χ3v) is 3.42. The summed E-state index contributed by atoms with van der Waals surface area (Å²) in [4.78, 5) is 4.60. The zero-order valence-corrected chi connectivity index (χ0v) is 13.8. The summed E-state index contributed by atoms with van der Waals surface area (Å²) in [6.45, 7) is 1.38. The van der Waals surface area contributed by atoms with Gasteiger partial charge in [0.1, 0.15) is 5.60 Å². The van der Waals surface area contributed by atoms with E-state index in [0.717, 1.165) is 4.88 Å². The molecule has 0 amide bonds. The van der Waals surface area contributed by atoms with Gasteiger partial charge in [0.25, 0.3) is 6.43 Å². The molecule has 1 aromatic heterocycles. The zero-order valence-electron chi connectivity index (χ0n) is 10.7. The Hall–Kier alpha value is -0.480. The van der Waals surface area contributed by atoms with Crippen molar-refractivity contribution in [3.8, 4) is 0 Å². The highest BCUT2D eigenvalue weighted by atomic mass is 127. The first kappa shape index (κ1) is 18.5. The molecule has 1 atom stereocenters. The van der Waals surface area contributed by atoms with Crippen LogP contribution in [0.4, 0.5) is 8.78 Å². The molecule has 1 rings (SSSR count). The van der Waals surface area contributed by atoms with Gasteiger partial charge in [-0.15, -0.1) is 35.3 Å². The lowest BCUT2D eigenvalue weighted by Gasteiger charge is -2.23. The number of aliphatic imine (C=N–C) groups is 1. The SMILES string of the molecule is CN=C(NCC(F)F)NCC(C)(O)c1cccs1.I. The fourth-order valence-corrected chi connectivity index (χ4v) is 2.11. The Balaban J connectivity index is 0.00000324. The van der Waals surface area contributed by atoms with Crippen molar-refractivity contribution in [1.82, 2.24) is 10.6 Å². The molecule has 1 heterocycles. The molecular weight excluding hydrogens is 387 g/mol. The molecule has 0 aromatic carbocycles. The van der Waals surface area contributed by atoms with Gasteiger partial charge in [-0.05, 0) is 18.4 Å². The monoisotopic (exact) mass is 405 g/mol. The smallest absolute Gasteiger partial charge is 0.255 e. The van der Waals surface area contributed by atoms with E-state index in [4.69, 9.17) is 0 Å². The highest BCUT2D eigenvalue weighted by Crippen LogP contribution is 2.24. The van der Waals surface area contributed by atoms with Gasteiger partial charge in [-0.1, -0.05) is 6.07 Å². The second-order valence-corrected chi connectivity index (χ2v) is 4.90. The zero-order chi connectivity index (χ0) is 13.6. The molecule has 0 radical (unpaired) electrons. The molecule has 0 aliphatic heterocycles. The van der Waals surface area contributed by atoms with Gasteiger partial charge in [-0.3, -0.25) is 4.99 Å². The van der Waals surface area contributed by atoms with Crippen LogP contribution in [0.25, 0.3) is 0 Å². The van der Waals surface area contributed by atoms with Crippen molar-refractivity contribution < 1.29 is 13.9 Å².